The number of aromatic nitrogens is 4. The molecule has 8 nitrogen and oxygen atoms in total. The third-order valence-electron chi connectivity index (χ3n) is 5.25. The Kier molecular flexibility index (Phi) is 4.40. The van der Waals surface area contributed by atoms with Crippen LogP contribution in [0.3, 0.4) is 0 Å². The zero-order valence-electron chi connectivity index (χ0n) is 16.3. The minimum absolute atomic E-state index is 0.634. The van der Waals surface area contributed by atoms with Gasteiger partial charge in [-0.3, -0.25) is 4.40 Å². The largest absolute Gasteiger partial charge is 0.493 e. The van der Waals surface area contributed by atoms with Crippen LogP contribution in [0.15, 0.2) is 42.7 Å². The summed E-state index contributed by atoms with van der Waals surface area (Å²) in [5, 5.41) is 9.69. The monoisotopic (exact) mass is 391 g/mol. The molecule has 0 aliphatic carbocycles. The number of morpholine rings is 1. The lowest BCUT2D eigenvalue weighted by atomic mass is 10.1. The molecule has 0 atom stereocenters. The molecule has 3 heterocycles. The molecular weight excluding hydrogens is 370 g/mol. The van der Waals surface area contributed by atoms with E-state index in [0.717, 1.165) is 54.2 Å². The predicted octanol–water partition coefficient (Wildman–Crippen LogP) is 2.80. The van der Waals surface area contributed by atoms with Gasteiger partial charge < -0.3 is 19.1 Å². The number of methoxy groups -OCH3 is 2. The van der Waals surface area contributed by atoms with E-state index in [-0.39, 0.29) is 0 Å². The molecule has 8 heteroatoms. The summed E-state index contributed by atoms with van der Waals surface area (Å²) in [5.74, 6) is 2.02. The Morgan fingerprint density at radius 1 is 0.931 bits per heavy atom. The average Bonchev–Trinajstić information content (AvgIpc) is 3.23. The summed E-state index contributed by atoms with van der Waals surface area (Å²) < 4.78 is 18.1. The zero-order valence-corrected chi connectivity index (χ0v) is 16.3. The third kappa shape index (κ3) is 3.01. The highest BCUT2D eigenvalue weighted by atomic mass is 16.5. The van der Waals surface area contributed by atoms with Gasteiger partial charge in [-0.05, 0) is 30.3 Å². The van der Waals surface area contributed by atoms with E-state index in [2.05, 4.69) is 44.3 Å². The van der Waals surface area contributed by atoms with Crippen molar-refractivity contribution in [1.29, 1.82) is 0 Å². The fourth-order valence-corrected chi connectivity index (χ4v) is 3.70. The van der Waals surface area contributed by atoms with Gasteiger partial charge in [-0.25, -0.2) is 4.98 Å². The maximum Gasteiger partial charge on any atom is 0.171 e. The van der Waals surface area contributed by atoms with E-state index in [1.807, 2.05) is 16.5 Å². The van der Waals surface area contributed by atoms with Gasteiger partial charge in [0.25, 0.3) is 0 Å². The van der Waals surface area contributed by atoms with Crippen molar-refractivity contribution >= 4 is 22.2 Å². The van der Waals surface area contributed by atoms with Crippen molar-refractivity contribution in [2.45, 2.75) is 0 Å². The maximum atomic E-state index is 5.43. The minimum atomic E-state index is 0.634. The van der Waals surface area contributed by atoms with Crippen LogP contribution in [0.2, 0.25) is 0 Å². The molecule has 5 rings (SSSR count). The molecule has 0 spiro atoms. The molecule has 0 radical (unpaired) electrons. The number of hydrogen-bond acceptors (Lipinski definition) is 7. The Morgan fingerprint density at radius 2 is 1.66 bits per heavy atom. The van der Waals surface area contributed by atoms with Gasteiger partial charge in [0.05, 0.1) is 33.0 Å². The maximum absolute atomic E-state index is 5.43. The highest BCUT2D eigenvalue weighted by Gasteiger charge is 2.16. The molecule has 2 aromatic carbocycles. The van der Waals surface area contributed by atoms with Crippen LogP contribution in [-0.2, 0) is 4.74 Å². The lowest BCUT2D eigenvalue weighted by Crippen LogP contribution is -2.36. The molecule has 4 aromatic rings. The van der Waals surface area contributed by atoms with Gasteiger partial charge in [-0.1, -0.05) is 0 Å². The van der Waals surface area contributed by atoms with E-state index in [4.69, 9.17) is 14.2 Å². The van der Waals surface area contributed by atoms with Crippen LogP contribution in [0.4, 0.5) is 5.69 Å². The molecule has 0 unspecified atom stereocenters. The highest BCUT2D eigenvalue weighted by Crippen LogP contribution is 2.33. The van der Waals surface area contributed by atoms with E-state index in [1.165, 1.54) is 5.69 Å². The first-order valence-electron chi connectivity index (χ1n) is 9.47. The molecule has 1 aliphatic heterocycles. The van der Waals surface area contributed by atoms with Gasteiger partial charge in [-0.15, -0.1) is 10.2 Å². The van der Waals surface area contributed by atoms with Crippen molar-refractivity contribution in [2.75, 3.05) is 45.4 Å². The molecule has 1 fully saturated rings. The van der Waals surface area contributed by atoms with Gasteiger partial charge in [0.2, 0.25) is 0 Å². The molecule has 0 N–H and O–H groups in total. The summed E-state index contributed by atoms with van der Waals surface area (Å²) in [7, 11) is 3.22. The molecule has 0 saturated carbocycles. The average molecular weight is 391 g/mol. The molecule has 1 aliphatic rings. The molecule has 148 valence electrons. The number of ether oxygens (including phenoxy) is 3. The summed E-state index contributed by atoms with van der Waals surface area (Å²) in [6.07, 6.45) is 1.74. The SMILES string of the molecule is COc1cc2ncn3c(-c4ccc(N5CCOCC5)cc4)nnc3c2cc1OC. The fraction of sp³-hybridized carbons (Fsp3) is 0.286. The lowest BCUT2D eigenvalue weighted by Gasteiger charge is -2.28. The third-order valence-corrected chi connectivity index (χ3v) is 5.25. The number of fused-ring (bicyclic) bond motifs is 3. The van der Waals surface area contributed by atoms with Gasteiger partial charge in [0.15, 0.2) is 23.0 Å². The Morgan fingerprint density at radius 3 is 2.38 bits per heavy atom. The second kappa shape index (κ2) is 7.21. The van der Waals surface area contributed by atoms with E-state index in [1.54, 1.807) is 20.5 Å². The van der Waals surface area contributed by atoms with E-state index < -0.39 is 0 Å². The molecule has 29 heavy (non-hydrogen) atoms. The second-order valence-electron chi connectivity index (χ2n) is 6.83. The first-order chi connectivity index (χ1) is 14.3. The first-order valence-corrected chi connectivity index (χ1v) is 9.47. The summed E-state index contributed by atoms with van der Waals surface area (Å²) in [4.78, 5) is 6.89. The van der Waals surface area contributed by atoms with Crippen LogP contribution in [-0.4, -0.2) is 60.1 Å². The number of nitrogens with zero attached hydrogens (tertiary/aromatic N) is 5. The van der Waals surface area contributed by atoms with Crippen LogP contribution in [0.1, 0.15) is 0 Å². The Hall–Kier alpha value is -3.39. The summed E-state index contributed by atoms with van der Waals surface area (Å²) in [6, 6.07) is 12.1. The minimum Gasteiger partial charge on any atom is -0.493 e. The van der Waals surface area contributed by atoms with Crippen molar-refractivity contribution < 1.29 is 14.2 Å². The van der Waals surface area contributed by atoms with Gasteiger partial charge in [0, 0.05) is 35.8 Å². The normalized spacial score (nSPS) is 14.5. The van der Waals surface area contributed by atoms with Crippen molar-refractivity contribution in [3.8, 4) is 22.9 Å². The summed E-state index contributed by atoms with van der Waals surface area (Å²) in [5.41, 5.74) is 3.67. The van der Waals surface area contributed by atoms with Gasteiger partial charge in [0.1, 0.15) is 6.33 Å². The second-order valence-corrected chi connectivity index (χ2v) is 6.83. The molecular formula is C21H21N5O3. The summed E-state index contributed by atoms with van der Waals surface area (Å²) in [6.45, 7) is 3.36. The number of rotatable bonds is 4. The van der Waals surface area contributed by atoms with Crippen LogP contribution in [0.5, 0.6) is 11.5 Å². The lowest BCUT2D eigenvalue weighted by molar-refractivity contribution is 0.122. The van der Waals surface area contributed by atoms with Gasteiger partial charge in [-0.2, -0.15) is 0 Å². The topological polar surface area (TPSA) is 74.0 Å². The highest BCUT2D eigenvalue weighted by molar-refractivity contribution is 5.94. The molecule has 0 amide bonds. The molecule has 0 bridgehead atoms. The van der Waals surface area contributed by atoms with Crippen molar-refractivity contribution in [3.63, 3.8) is 0 Å². The number of anilines is 1. The van der Waals surface area contributed by atoms with Crippen molar-refractivity contribution in [3.05, 3.63) is 42.7 Å². The van der Waals surface area contributed by atoms with Crippen LogP contribution in [0, 0.1) is 0 Å². The molecule has 1 saturated heterocycles. The van der Waals surface area contributed by atoms with Crippen LogP contribution < -0.4 is 14.4 Å². The zero-order chi connectivity index (χ0) is 19.8. The standard InChI is InChI=1S/C21H21N5O3/c1-27-18-11-16-17(12-19(18)28-2)22-13-26-20(23-24-21(16)26)14-3-5-15(6-4-14)25-7-9-29-10-8-25/h3-6,11-13H,7-10H2,1-2H3. The Bertz CT molecular complexity index is 1170. The quantitative estimate of drug-likeness (QED) is 0.530. The number of benzene rings is 2. The van der Waals surface area contributed by atoms with E-state index in [9.17, 15) is 0 Å². The Balaban J connectivity index is 1.56. The number of hydrogen-bond donors (Lipinski definition) is 0. The predicted molar refractivity (Wildman–Crippen MR) is 110 cm³/mol. The van der Waals surface area contributed by atoms with Crippen molar-refractivity contribution in [2.24, 2.45) is 0 Å². The Labute approximate surface area is 167 Å². The van der Waals surface area contributed by atoms with Gasteiger partial charge >= 0.3 is 0 Å². The van der Waals surface area contributed by atoms with E-state index in [0.29, 0.717) is 11.5 Å². The van der Waals surface area contributed by atoms with Crippen LogP contribution >= 0.6 is 0 Å². The summed E-state index contributed by atoms with van der Waals surface area (Å²) >= 11 is 0. The smallest absolute Gasteiger partial charge is 0.171 e. The fourth-order valence-electron chi connectivity index (χ4n) is 3.70. The molecule has 2 aromatic heterocycles. The van der Waals surface area contributed by atoms with Crippen molar-refractivity contribution in [1.82, 2.24) is 19.6 Å². The first kappa shape index (κ1) is 17.7. The van der Waals surface area contributed by atoms with E-state index >= 15 is 0 Å². The van der Waals surface area contributed by atoms with Crippen LogP contribution in [0.25, 0.3) is 27.9 Å².